The number of alkyl halides is 1. The van der Waals surface area contributed by atoms with Crippen molar-refractivity contribution in [3.05, 3.63) is 30.1 Å². The first kappa shape index (κ1) is 13.9. The third-order valence-electron chi connectivity index (χ3n) is 3.54. The number of rotatable bonds is 5. The molecule has 0 aromatic carbocycles. The number of nitrogens with zero attached hydrogens (tertiary/aromatic N) is 2. The van der Waals surface area contributed by atoms with Gasteiger partial charge in [0.1, 0.15) is 6.17 Å². The van der Waals surface area contributed by atoms with E-state index in [4.69, 9.17) is 5.73 Å². The average Bonchev–Trinajstić information content (AvgIpc) is 2.85. The number of carbonyl (C=O) groups excluding carboxylic acids is 1. The minimum Gasteiger partial charge on any atom is -0.339 e. The van der Waals surface area contributed by atoms with Gasteiger partial charge in [0.05, 0.1) is 6.54 Å². The minimum absolute atomic E-state index is 0.0300. The standard InChI is InChI=1S/C14H20FN3O/c15-13-4-8-18(10-13)14(19)12(1-5-16)9-11-2-6-17-7-3-11/h2-3,6-7,12-13H,1,4-5,8-10,16H2/t12?,13-/m0/s1. The quantitative estimate of drug-likeness (QED) is 0.869. The van der Waals surface area contributed by atoms with Crippen LogP contribution in [0.15, 0.2) is 24.5 Å². The highest BCUT2D eigenvalue weighted by Gasteiger charge is 2.30. The molecular formula is C14H20FN3O. The molecule has 1 aliphatic heterocycles. The van der Waals surface area contributed by atoms with E-state index in [1.165, 1.54) is 0 Å². The van der Waals surface area contributed by atoms with Crippen molar-refractivity contribution in [1.82, 2.24) is 9.88 Å². The minimum atomic E-state index is -0.872. The zero-order chi connectivity index (χ0) is 13.7. The maximum atomic E-state index is 13.2. The summed E-state index contributed by atoms with van der Waals surface area (Å²) in [6.07, 6.45) is 4.29. The van der Waals surface area contributed by atoms with E-state index in [0.29, 0.717) is 32.4 Å². The van der Waals surface area contributed by atoms with Crippen LogP contribution in [0.1, 0.15) is 18.4 Å². The molecule has 1 fully saturated rings. The Hall–Kier alpha value is -1.49. The highest BCUT2D eigenvalue weighted by Crippen LogP contribution is 2.19. The van der Waals surface area contributed by atoms with E-state index >= 15 is 0 Å². The van der Waals surface area contributed by atoms with Crippen molar-refractivity contribution in [1.29, 1.82) is 0 Å². The van der Waals surface area contributed by atoms with Crippen molar-refractivity contribution in [3.63, 3.8) is 0 Å². The second-order valence-electron chi connectivity index (χ2n) is 5.00. The van der Waals surface area contributed by atoms with Crippen LogP contribution in [0.5, 0.6) is 0 Å². The SMILES string of the molecule is NCCC(Cc1ccncc1)C(=O)N1CC[C@H](F)C1. The van der Waals surface area contributed by atoms with E-state index < -0.39 is 6.17 Å². The van der Waals surface area contributed by atoms with Crippen LogP contribution in [-0.2, 0) is 11.2 Å². The monoisotopic (exact) mass is 265 g/mol. The fraction of sp³-hybridized carbons (Fsp3) is 0.571. The molecule has 1 aliphatic rings. The maximum absolute atomic E-state index is 13.2. The van der Waals surface area contributed by atoms with Crippen molar-refractivity contribution in [2.24, 2.45) is 11.7 Å². The summed E-state index contributed by atoms with van der Waals surface area (Å²) in [5, 5.41) is 0. The average molecular weight is 265 g/mol. The third kappa shape index (κ3) is 3.73. The summed E-state index contributed by atoms with van der Waals surface area (Å²) in [7, 11) is 0. The highest BCUT2D eigenvalue weighted by molar-refractivity contribution is 5.79. The summed E-state index contributed by atoms with van der Waals surface area (Å²) in [5.41, 5.74) is 6.66. The lowest BCUT2D eigenvalue weighted by atomic mass is 9.95. The zero-order valence-corrected chi connectivity index (χ0v) is 11.0. The fourth-order valence-corrected chi connectivity index (χ4v) is 2.49. The summed E-state index contributed by atoms with van der Waals surface area (Å²) < 4.78 is 13.2. The molecule has 2 rings (SSSR count). The van der Waals surface area contributed by atoms with E-state index in [0.717, 1.165) is 5.56 Å². The van der Waals surface area contributed by atoms with Crippen molar-refractivity contribution >= 4 is 5.91 Å². The van der Waals surface area contributed by atoms with E-state index in [1.54, 1.807) is 17.3 Å². The molecule has 2 atom stereocenters. The molecule has 1 aromatic rings. The van der Waals surface area contributed by atoms with Crippen molar-refractivity contribution in [2.45, 2.75) is 25.4 Å². The van der Waals surface area contributed by atoms with Gasteiger partial charge >= 0.3 is 0 Å². The van der Waals surface area contributed by atoms with E-state index in [9.17, 15) is 9.18 Å². The lowest BCUT2D eigenvalue weighted by Crippen LogP contribution is -2.36. The van der Waals surface area contributed by atoms with Crippen LogP contribution in [0.4, 0.5) is 4.39 Å². The fourth-order valence-electron chi connectivity index (χ4n) is 2.49. The molecule has 0 saturated carbocycles. The summed E-state index contributed by atoms with van der Waals surface area (Å²) in [4.78, 5) is 18.0. The molecule has 104 valence electrons. The molecular weight excluding hydrogens is 245 g/mol. The van der Waals surface area contributed by atoms with Crippen molar-refractivity contribution in [2.75, 3.05) is 19.6 Å². The zero-order valence-electron chi connectivity index (χ0n) is 11.0. The van der Waals surface area contributed by atoms with Gasteiger partial charge in [-0.25, -0.2) is 4.39 Å². The second-order valence-corrected chi connectivity index (χ2v) is 5.00. The normalized spacial score (nSPS) is 20.5. The lowest BCUT2D eigenvalue weighted by Gasteiger charge is -2.22. The molecule has 0 radical (unpaired) electrons. The molecule has 19 heavy (non-hydrogen) atoms. The summed E-state index contributed by atoms with van der Waals surface area (Å²) in [6.45, 7) is 1.22. The van der Waals surface area contributed by atoms with Crippen LogP contribution in [0.25, 0.3) is 0 Å². The van der Waals surface area contributed by atoms with Crippen LogP contribution in [-0.4, -0.2) is 41.6 Å². The van der Waals surface area contributed by atoms with Crippen molar-refractivity contribution in [3.8, 4) is 0 Å². The number of likely N-dealkylation sites (tertiary alicyclic amines) is 1. The summed E-state index contributed by atoms with van der Waals surface area (Å²) in [6, 6.07) is 3.80. The van der Waals surface area contributed by atoms with Crippen LogP contribution in [0.2, 0.25) is 0 Å². The Morgan fingerprint density at radius 2 is 2.26 bits per heavy atom. The molecule has 1 aromatic heterocycles. The van der Waals surface area contributed by atoms with Gasteiger partial charge in [-0.1, -0.05) is 0 Å². The highest BCUT2D eigenvalue weighted by atomic mass is 19.1. The first-order valence-electron chi connectivity index (χ1n) is 6.72. The first-order chi connectivity index (χ1) is 9.20. The Kier molecular flexibility index (Phi) is 4.85. The van der Waals surface area contributed by atoms with Gasteiger partial charge in [-0.3, -0.25) is 9.78 Å². The number of carbonyl (C=O) groups is 1. The van der Waals surface area contributed by atoms with E-state index in [2.05, 4.69) is 4.98 Å². The Morgan fingerprint density at radius 3 is 2.84 bits per heavy atom. The van der Waals surface area contributed by atoms with E-state index in [1.807, 2.05) is 12.1 Å². The van der Waals surface area contributed by atoms with Gasteiger partial charge in [0.25, 0.3) is 0 Å². The van der Waals surface area contributed by atoms with Gasteiger partial charge in [0.15, 0.2) is 0 Å². The van der Waals surface area contributed by atoms with Crippen molar-refractivity contribution < 1.29 is 9.18 Å². The van der Waals surface area contributed by atoms with Crippen LogP contribution >= 0.6 is 0 Å². The molecule has 5 heteroatoms. The summed E-state index contributed by atoms with van der Waals surface area (Å²) in [5.74, 6) is -0.125. The largest absolute Gasteiger partial charge is 0.339 e. The number of hydrogen-bond donors (Lipinski definition) is 1. The number of pyridine rings is 1. The van der Waals surface area contributed by atoms with Crippen LogP contribution in [0, 0.1) is 5.92 Å². The third-order valence-corrected chi connectivity index (χ3v) is 3.54. The van der Waals surface area contributed by atoms with Gasteiger partial charge in [0, 0.05) is 24.9 Å². The summed E-state index contributed by atoms with van der Waals surface area (Å²) >= 11 is 0. The lowest BCUT2D eigenvalue weighted by molar-refractivity contribution is -0.134. The topological polar surface area (TPSA) is 59.2 Å². The van der Waals surface area contributed by atoms with Gasteiger partial charge in [-0.05, 0) is 43.5 Å². The van der Waals surface area contributed by atoms with Crippen LogP contribution < -0.4 is 5.73 Å². The second kappa shape index (κ2) is 6.61. The predicted octanol–water partition coefficient (Wildman–Crippen LogP) is 1.16. The number of nitrogens with two attached hydrogens (primary N) is 1. The number of aromatic nitrogens is 1. The van der Waals surface area contributed by atoms with Gasteiger partial charge < -0.3 is 10.6 Å². The molecule has 1 saturated heterocycles. The molecule has 1 unspecified atom stereocenters. The molecule has 0 bridgehead atoms. The van der Waals surface area contributed by atoms with Gasteiger partial charge in [-0.15, -0.1) is 0 Å². The predicted molar refractivity (Wildman–Crippen MR) is 71.2 cm³/mol. The molecule has 0 aliphatic carbocycles. The number of hydrogen-bond acceptors (Lipinski definition) is 3. The molecule has 0 spiro atoms. The van der Waals surface area contributed by atoms with E-state index in [-0.39, 0.29) is 18.4 Å². The molecule has 1 amide bonds. The maximum Gasteiger partial charge on any atom is 0.226 e. The number of amides is 1. The molecule has 4 nitrogen and oxygen atoms in total. The Morgan fingerprint density at radius 1 is 1.53 bits per heavy atom. The Balaban J connectivity index is 2.01. The van der Waals surface area contributed by atoms with Crippen LogP contribution in [0.3, 0.4) is 0 Å². The molecule has 2 N–H and O–H groups in total. The Labute approximate surface area is 112 Å². The number of halogens is 1. The Bertz CT molecular complexity index is 412. The van der Waals surface area contributed by atoms with Gasteiger partial charge in [-0.2, -0.15) is 0 Å². The molecule has 2 heterocycles. The van der Waals surface area contributed by atoms with Gasteiger partial charge in [0.2, 0.25) is 5.91 Å². The first-order valence-corrected chi connectivity index (χ1v) is 6.72. The smallest absolute Gasteiger partial charge is 0.226 e.